The maximum atomic E-state index is 13.4. The van der Waals surface area contributed by atoms with Crippen molar-refractivity contribution in [3.05, 3.63) is 87.6 Å². The lowest BCUT2D eigenvalue weighted by molar-refractivity contribution is -0.149. The zero-order valence-corrected chi connectivity index (χ0v) is 34.3. The first-order valence-corrected chi connectivity index (χ1v) is 20.5. The van der Waals surface area contributed by atoms with Gasteiger partial charge in [0.05, 0.1) is 42.2 Å². The van der Waals surface area contributed by atoms with E-state index in [9.17, 15) is 28.8 Å². The molecule has 5 heterocycles. The monoisotopic (exact) mass is 804 g/mol. The number of methoxy groups -OCH3 is 2. The summed E-state index contributed by atoms with van der Waals surface area (Å²) < 4.78 is 13.2. The number of carbonyl (C=O) groups is 5. The second-order valence-electron chi connectivity index (χ2n) is 15.8. The fraction of sp³-hybridized carbons (Fsp3) is 0.444. The van der Waals surface area contributed by atoms with Crippen molar-refractivity contribution in [3.63, 3.8) is 0 Å². The van der Waals surface area contributed by atoms with Crippen LogP contribution in [0, 0.1) is 5.92 Å². The standard InChI is InChI=1S/C45H52N6O8/c1-48-26-34(31-18-20-46-23-33(31)42(48)54)29-21-37(58-3)35(38(22-29)59-4)27-50-24-30(25-50)41(53)47-19-11-9-7-5-6-8-10-13-28-14-12-15-32-40(28)45(57)51(43(32)55)36-16-17-39(52)49(2)44(36)56/h12,14-15,18,20-23,26,30,36H,5-11,13,16-17,19,24-25,27H2,1-4H3,(H,47,53). The molecule has 14 heteroatoms. The number of carbonyl (C=O) groups excluding carboxylic acids is 5. The molecular weight excluding hydrogens is 753 g/mol. The molecular formula is C45H52N6O8. The highest BCUT2D eigenvalue weighted by molar-refractivity contribution is 6.24. The molecule has 2 aromatic carbocycles. The number of fused-ring (bicyclic) bond motifs is 2. The van der Waals surface area contributed by atoms with Crippen molar-refractivity contribution in [1.82, 2.24) is 29.6 Å². The van der Waals surface area contributed by atoms with E-state index in [0.29, 0.717) is 60.6 Å². The van der Waals surface area contributed by atoms with E-state index in [1.54, 1.807) is 50.4 Å². The van der Waals surface area contributed by atoms with Crippen LogP contribution < -0.4 is 20.3 Å². The zero-order valence-electron chi connectivity index (χ0n) is 34.3. The fourth-order valence-electron chi connectivity index (χ4n) is 8.61. The van der Waals surface area contributed by atoms with E-state index in [1.807, 2.05) is 30.5 Å². The second kappa shape index (κ2) is 17.9. The lowest BCUT2D eigenvalue weighted by Gasteiger charge is -2.38. The average Bonchev–Trinajstić information content (AvgIpc) is 3.48. The Hall–Kier alpha value is -5.89. The van der Waals surface area contributed by atoms with Gasteiger partial charge in [0.15, 0.2) is 0 Å². The van der Waals surface area contributed by atoms with Crippen molar-refractivity contribution >= 4 is 40.3 Å². The molecule has 1 N–H and O–H groups in total. The highest BCUT2D eigenvalue weighted by Crippen LogP contribution is 2.39. The minimum Gasteiger partial charge on any atom is -0.496 e. The van der Waals surface area contributed by atoms with Crippen LogP contribution in [-0.2, 0) is 34.4 Å². The van der Waals surface area contributed by atoms with Crippen molar-refractivity contribution in [1.29, 1.82) is 0 Å². The SMILES string of the molecule is COc1cc(-c2cn(C)c(=O)c3cnccc23)cc(OC)c1CN1CC(C(=O)NCCCCCCCCCc2cccc3c2C(=O)N(C2CCC(=O)N(C)C2=O)C3=O)C1. The van der Waals surface area contributed by atoms with Gasteiger partial charge in [-0.2, -0.15) is 0 Å². The first-order chi connectivity index (χ1) is 28.5. The molecule has 2 aromatic heterocycles. The van der Waals surface area contributed by atoms with Gasteiger partial charge in [0.25, 0.3) is 23.3 Å². The number of unbranched alkanes of at least 4 members (excludes halogenated alkanes) is 6. The maximum absolute atomic E-state index is 13.4. The number of hydrogen-bond donors (Lipinski definition) is 1. The summed E-state index contributed by atoms with van der Waals surface area (Å²) in [6, 6.07) is 10.1. The summed E-state index contributed by atoms with van der Waals surface area (Å²) in [5.74, 6) is -0.374. The summed E-state index contributed by atoms with van der Waals surface area (Å²) in [6.45, 7) is 2.51. The number of aromatic nitrogens is 2. The van der Waals surface area contributed by atoms with Crippen molar-refractivity contribution in [2.45, 2.75) is 76.8 Å². The summed E-state index contributed by atoms with van der Waals surface area (Å²) in [6.07, 6.45) is 13.0. The van der Waals surface area contributed by atoms with Gasteiger partial charge >= 0.3 is 0 Å². The number of nitrogens with zero attached hydrogens (tertiary/aromatic N) is 5. The topological polar surface area (TPSA) is 160 Å². The summed E-state index contributed by atoms with van der Waals surface area (Å²) in [4.78, 5) is 85.4. The summed E-state index contributed by atoms with van der Waals surface area (Å²) in [5.41, 5.74) is 4.06. The molecule has 0 spiro atoms. The Labute approximate surface area is 343 Å². The lowest BCUT2D eigenvalue weighted by Crippen LogP contribution is -2.54. The van der Waals surface area contributed by atoms with Crippen LogP contribution in [0.25, 0.3) is 21.9 Å². The number of aryl methyl sites for hydroxylation is 2. The number of amides is 5. The first kappa shape index (κ1) is 41.3. The van der Waals surface area contributed by atoms with E-state index >= 15 is 0 Å². The molecule has 59 heavy (non-hydrogen) atoms. The van der Waals surface area contributed by atoms with Crippen molar-refractivity contribution in [3.8, 4) is 22.6 Å². The van der Waals surface area contributed by atoms with Crippen LogP contribution >= 0.6 is 0 Å². The Morgan fingerprint density at radius 1 is 0.847 bits per heavy atom. The van der Waals surface area contributed by atoms with Gasteiger partial charge in [-0.25, -0.2) is 0 Å². The number of hydrogen-bond acceptors (Lipinski definition) is 10. The number of ether oxygens (including phenoxy) is 2. The maximum Gasteiger partial charge on any atom is 0.262 e. The third-order valence-corrected chi connectivity index (χ3v) is 12.0. The van der Waals surface area contributed by atoms with Crippen molar-refractivity contribution in [2.24, 2.45) is 13.0 Å². The minimum atomic E-state index is -0.951. The van der Waals surface area contributed by atoms with Gasteiger partial charge in [0.1, 0.15) is 17.5 Å². The number of likely N-dealkylation sites (tertiary alicyclic amines) is 2. The number of imide groups is 2. The van der Waals surface area contributed by atoms with Gasteiger partial charge < -0.3 is 19.4 Å². The Kier molecular flexibility index (Phi) is 12.5. The van der Waals surface area contributed by atoms with Gasteiger partial charge in [0, 0.05) is 70.8 Å². The van der Waals surface area contributed by atoms with Gasteiger partial charge in [0.2, 0.25) is 11.8 Å². The summed E-state index contributed by atoms with van der Waals surface area (Å²) >= 11 is 0. The van der Waals surface area contributed by atoms with Crippen LogP contribution in [0.3, 0.4) is 0 Å². The van der Waals surface area contributed by atoms with Crippen LogP contribution in [0.15, 0.2) is 59.8 Å². The highest BCUT2D eigenvalue weighted by atomic mass is 16.5. The van der Waals surface area contributed by atoms with Gasteiger partial charge in [-0.05, 0) is 66.5 Å². The Bertz CT molecular complexity index is 2330. The zero-order chi connectivity index (χ0) is 41.8. The molecule has 0 bridgehead atoms. The number of likely N-dealkylation sites (N-methyl/N-ethyl adjacent to an activating group) is 1. The molecule has 0 radical (unpaired) electrons. The number of pyridine rings is 2. The minimum absolute atomic E-state index is 0.0682. The summed E-state index contributed by atoms with van der Waals surface area (Å²) in [5, 5.41) is 4.45. The largest absolute Gasteiger partial charge is 0.496 e. The molecule has 2 saturated heterocycles. The smallest absolute Gasteiger partial charge is 0.262 e. The third kappa shape index (κ3) is 8.36. The normalized spacial score (nSPS) is 17.1. The number of benzene rings is 2. The van der Waals surface area contributed by atoms with Crippen LogP contribution in [0.5, 0.6) is 11.5 Å². The summed E-state index contributed by atoms with van der Waals surface area (Å²) in [7, 11) is 6.38. The van der Waals surface area contributed by atoms with Gasteiger partial charge in [-0.15, -0.1) is 0 Å². The molecule has 4 aromatic rings. The van der Waals surface area contributed by atoms with E-state index in [4.69, 9.17) is 9.47 Å². The quantitative estimate of drug-likeness (QED) is 0.115. The van der Waals surface area contributed by atoms with E-state index < -0.39 is 23.8 Å². The highest BCUT2D eigenvalue weighted by Gasteiger charge is 2.47. The molecule has 0 saturated carbocycles. The Balaban J connectivity index is 0.801. The van der Waals surface area contributed by atoms with Crippen LogP contribution in [0.1, 0.15) is 89.6 Å². The van der Waals surface area contributed by atoms with Crippen molar-refractivity contribution < 1.29 is 33.4 Å². The molecule has 3 aliphatic rings. The number of piperidine rings is 1. The second-order valence-corrected chi connectivity index (χ2v) is 15.8. The molecule has 1 unspecified atom stereocenters. The van der Waals surface area contributed by atoms with Crippen molar-refractivity contribution in [2.75, 3.05) is 40.9 Å². The molecule has 3 aliphatic heterocycles. The lowest BCUT2D eigenvalue weighted by atomic mass is 9.96. The number of rotatable bonds is 17. The van der Waals surface area contributed by atoms with E-state index in [1.165, 1.54) is 7.05 Å². The van der Waals surface area contributed by atoms with E-state index in [0.717, 1.165) is 82.4 Å². The molecule has 310 valence electrons. The molecule has 1 atom stereocenters. The molecule has 0 aliphatic carbocycles. The van der Waals surface area contributed by atoms with E-state index in [2.05, 4.69) is 15.2 Å². The van der Waals surface area contributed by atoms with Crippen LogP contribution in [0.2, 0.25) is 0 Å². The molecule has 2 fully saturated rings. The predicted molar refractivity (Wildman–Crippen MR) is 221 cm³/mol. The third-order valence-electron chi connectivity index (χ3n) is 12.0. The molecule has 14 nitrogen and oxygen atoms in total. The fourth-order valence-corrected chi connectivity index (χ4v) is 8.61. The Morgan fingerprint density at radius 3 is 2.25 bits per heavy atom. The molecule has 7 rings (SSSR count). The average molecular weight is 805 g/mol. The number of nitrogens with one attached hydrogen (secondary N) is 1. The van der Waals surface area contributed by atoms with Gasteiger partial charge in [-0.3, -0.25) is 48.5 Å². The molecule has 5 amide bonds. The predicted octanol–water partition coefficient (Wildman–Crippen LogP) is 4.88. The van der Waals surface area contributed by atoms with Crippen LogP contribution in [-0.4, -0.2) is 101 Å². The van der Waals surface area contributed by atoms with Gasteiger partial charge in [-0.1, -0.05) is 44.2 Å². The van der Waals surface area contributed by atoms with E-state index in [-0.39, 0.29) is 36.1 Å². The first-order valence-electron chi connectivity index (χ1n) is 20.5. The Morgan fingerprint density at radius 2 is 1.54 bits per heavy atom. The van der Waals surface area contributed by atoms with Crippen LogP contribution in [0.4, 0.5) is 0 Å².